The van der Waals surface area contributed by atoms with Crippen LogP contribution in [0.4, 0.5) is 0 Å². The van der Waals surface area contributed by atoms with E-state index in [1.807, 2.05) is 38.2 Å². The number of nitrogens with two attached hydrogens (primary N) is 1. The van der Waals surface area contributed by atoms with Crippen molar-refractivity contribution in [1.82, 2.24) is 9.80 Å². The lowest BCUT2D eigenvalue weighted by Crippen LogP contribution is -2.41. The van der Waals surface area contributed by atoms with Gasteiger partial charge in [0.2, 0.25) is 11.8 Å². The van der Waals surface area contributed by atoms with Gasteiger partial charge in [-0.2, -0.15) is 0 Å². The molecule has 1 aliphatic rings. The minimum Gasteiger partial charge on any atom is -0.369 e. The number of carbonyl (C=O) groups excluding carboxylic acids is 2. The molecule has 0 aromatic heterocycles. The summed E-state index contributed by atoms with van der Waals surface area (Å²) in [5.41, 5.74) is 7.59. The zero-order valence-corrected chi connectivity index (χ0v) is 12.7. The van der Waals surface area contributed by atoms with Crippen LogP contribution in [0.2, 0.25) is 0 Å². The molecule has 2 N–H and O–H groups in total. The molecule has 2 rings (SSSR count). The second-order valence-electron chi connectivity index (χ2n) is 5.80. The van der Waals surface area contributed by atoms with Gasteiger partial charge >= 0.3 is 0 Å². The summed E-state index contributed by atoms with van der Waals surface area (Å²) in [6.07, 6.45) is 0.377. The van der Waals surface area contributed by atoms with Crippen LogP contribution in [-0.2, 0) is 16.0 Å². The van der Waals surface area contributed by atoms with Gasteiger partial charge in [0.1, 0.15) is 0 Å². The van der Waals surface area contributed by atoms with Gasteiger partial charge in [0, 0.05) is 26.2 Å². The van der Waals surface area contributed by atoms with Crippen molar-refractivity contribution < 1.29 is 9.59 Å². The molecule has 114 valence electrons. The highest BCUT2D eigenvalue weighted by atomic mass is 16.2. The molecule has 0 aliphatic carbocycles. The molecule has 1 atom stereocenters. The molecular weight excluding hydrogens is 266 g/mol. The number of hydrogen-bond acceptors (Lipinski definition) is 3. The highest BCUT2D eigenvalue weighted by Crippen LogP contribution is 2.13. The molecule has 0 saturated carbocycles. The van der Waals surface area contributed by atoms with E-state index in [4.69, 9.17) is 5.73 Å². The van der Waals surface area contributed by atoms with Crippen molar-refractivity contribution in [3.05, 3.63) is 35.4 Å². The van der Waals surface area contributed by atoms with Crippen molar-refractivity contribution >= 4 is 11.8 Å². The predicted octanol–water partition coefficient (Wildman–Crippen LogP) is 0.413. The van der Waals surface area contributed by atoms with E-state index in [-0.39, 0.29) is 17.7 Å². The largest absolute Gasteiger partial charge is 0.369 e. The van der Waals surface area contributed by atoms with Crippen LogP contribution in [0.3, 0.4) is 0 Å². The molecule has 0 spiro atoms. The molecule has 1 saturated heterocycles. The van der Waals surface area contributed by atoms with Crippen LogP contribution in [0.15, 0.2) is 24.3 Å². The predicted molar refractivity (Wildman–Crippen MR) is 81.6 cm³/mol. The smallest absolute Gasteiger partial charge is 0.227 e. The first-order chi connectivity index (χ1) is 9.97. The van der Waals surface area contributed by atoms with E-state index in [0.29, 0.717) is 26.1 Å². The van der Waals surface area contributed by atoms with Gasteiger partial charge in [-0.15, -0.1) is 0 Å². The third-order valence-corrected chi connectivity index (χ3v) is 4.08. The minimum absolute atomic E-state index is 0.0610. The number of aryl methyl sites for hydroxylation is 1. The second-order valence-corrected chi connectivity index (χ2v) is 5.80. The summed E-state index contributed by atoms with van der Waals surface area (Å²) in [6, 6.07) is 7.89. The Balaban J connectivity index is 2.07. The molecule has 5 heteroatoms. The quantitative estimate of drug-likeness (QED) is 0.876. The highest BCUT2D eigenvalue weighted by Gasteiger charge is 2.27. The molecular formula is C16H23N3O2. The summed E-state index contributed by atoms with van der Waals surface area (Å²) in [4.78, 5) is 27.8. The Kier molecular flexibility index (Phi) is 4.96. The third-order valence-electron chi connectivity index (χ3n) is 4.08. The van der Waals surface area contributed by atoms with Gasteiger partial charge in [0.05, 0.1) is 12.3 Å². The van der Waals surface area contributed by atoms with Gasteiger partial charge in [-0.1, -0.05) is 24.3 Å². The molecule has 0 bridgehead atoms. The SMILES string of the molecule is Cc1ccccc1CC(=O)N1CCN(C)C[C@H](C(N)=O)C1. The zero-order valence-electron chi connectivity index (χ0n) is 12.7. The van der Waals surface area contributed by atoms with Crippen molar-refractivity contribution in [1.29, 1.82) is 0 Å². The minimum atomic E-state index is -0.336. The van der Waals surface area contributed by atoms with Gasteiger partial charge in [-0.3, -0.25) is 9.59 Å². The van der Waals surface area contributed by atoms with Crippen molar-refractivity contribution in [2.75, 3.05) is 33.2 Å². The molecule has 5 nitrogen and oxygen atoms in total. The van der Waals surface area contributed by atoms with Gasteiger partial charge < -0.3 is 15.5 Å². The fraction of sp³-hybridized carbons (Fsp3) is 0.500. The average molecular weight is 289 g/mol. The number of carbonyl (C=O) groups is 2. The molecule has 1 aromatic carbocycles. The van der Waals surface area contributed by atoms with Crippen LogP contribution < -0.4 is 5.73 Å². The van der Waals surface area contributed by atoms with E-state index in [1.54, 1.807) is 4.90 Å². The van der Waals surface area contributed by atoms with Crippen molar-refractivity contribution in [3.63, 3.8) is 0 Å². The fourth-order valence-electron chi connectivity index (χ4n) is 2.66. The van der Waals surface area contributed by atoms with Crippen molar-refractivity contribution in [2.45, 2.75) is 13.3 Å². The maximum Gasteiger partial charge on any atom is 0.227 e. The van der Waals surface area contributed by atoms with Crippen LogP contribution in [0.25, 0.3) is 0 Å². The average Bonchev–Trinajstić information content (AvgIpc) is 2.63. The lowest BCUT2D eigenvalue weighted by atomic mass is 10.0. The Morgan fingerprint density at radius 1 is 1.24 bits per heavy atom. The number of benzene rings is 1. The van der Waals surface area contributed by atoms with Crippen molar-refractivity contribution in [3.8, 4) is 0 Å². The number of rotatable bonds is 3. The van der Waals surface area contributed by atoms with E-state index < -0.39 is 0 Å². The van der Waals surface area contributed by atoms with E-state index in [0.717, 1.165) is 17.7 Å². The molecule has 0 radical (unpaired) electrons. The maximum absolute atomic E-state index is 12.5. The summed E-state index contributed by atoms with van der Waals surface area (Å²) in [7, 11) is 1.95. The Morgan fingerprint density at radius 2 is 1.95 bits per heavy atom. The lowest BCUT2D eigenvalue weighted by Gasteiger charge is -2.23. The van der Waals surface area contributed by atoms with E-state index in [2.05, 4.69) is 4.90 Å². The zero-order chi connectivity index (χ0) is 15.4. The molecule has 1 aromatic rings. The van der Waals surface area contributed by atoms with Gasteiger partial charge in [-0.05, 0) is 25.1 Å². The maximum atomic E-state index is 12.5. The topological polar surface area (TPSA) is 66.6 Å². The first-order valence-electron chi connectivity index (χ1n) is 7.27. The number of primary amides is 1. The van der Waals surface area contributed by atoms with E-state index in [1.165, 1.54) is 0 Å². The van der Waals surface area contributed by atoms with Crippen LogP contribution in [-0.4, -0.2) is 54.8 Å². The normalized spacial score (nSPS) is 20.1. The van der Waals surface area contributed by atoms with Crippen LogP contribution >= 0.6 is 0 Å². The van der Waals surface area contributed by atoms with Crippen molar-refractivity contribution in [2.24, 2.45) is 11.7 Å². The summed E-state index contributed by atoms with van der Waals surface area (Å²) < 4.78 is 0. The van der Waals surface area contributed by atoms with E-state index in [9.17, 15) is 9.59 Å². The van der Waals surface area contributed by atoms with Gasteiger partial charge in [0.25, 0.3) is 0 Å². The third kappa shape index (κ3) is 4.04. The Morgan fingerprint density at radius 3 is 2.62 bits per heavy atom. The van der Waals surface area contributed by atoms with Crippen LogP contribution in [0.5, 0.6) is 0 Å². The Labute approximate surface area is 125 Å². The lowest BCUT2D eigenvalue weighted by molar-refractivity contribution is -0.131. The number of nitrogens with zero attached hydrogens (tertiary/aromatic N) is 2. The van der Waals surface area contributed by atoms with Crippen LogP contribution in [0.1, 0.15) is 11.1 Å². The molecule has 1 aliphatic heterocycles. The highest BCUT2D eigenvalue weighted by molar-refractivity contribution is 5.81. The standard InChI is InChI=1S/C16H23N3O2/c1-12-5-3-4-6-13(12)9-15(20)19-8-7-18(2)10-14(11-19)16(17)21/h3-6,14H,7-11H2,1-2H3,(H2,17,21)/t14-/m0/s1. The number of hydrogen-bond donors (Lipinski definition) is 1. The summed E-state index contributed by atoms with van der Waals surface area (Å²) in [5.74, 6) is -0.568. The summed E-state index contributed by atoms with van der Waals surface area (Å²) in [5, 5.41) is 0. The summed E-state index contributed by atoms with van der Waals surface area (Å²) >= 11 is 0. The van der Waals surface area contributed by atoms with E-state index >= 15 is 0 Å². The monoisotopic (exact) mass is 289 g/mol. The number of likely N-dealkylation sites (N-methyl/N-ethyl adjacent to an activating group) is 1. The fourth-order valence-corrected chi connectivity index (χ4v) is 2.66. The molecule has 1 fully saturated rings. The second kappa shape index (κ2) is 6.72. The number of amides is 2. The van der Waals surface area contributed by atoms with Crippen LogP contribution in [0, 0.1) is 12.8 Å². The summed E-state index contributed by atoms with van der Waals surface area (Å²) in [6.45, 7) is 4.45. The Bertz CT molecular complexity index is 530. The van der Waals surface area contributed by atoms with Gasteiger partial charge in [0.15, 0.2) is 0 Å². The Hall–Kier alpha value is -1.88. The molecule has 2 amide bonds. The first kappa shape index (κ1) is 15.5. The van der Waals surface area contributed by atoms with Gasteiger partial charge in [-0.25, -0.2) is 0 Å². The molecule has 0 unspecified atom stereocenters. The first-order valence-corrected chi connectivity index (χ1v) is 7.27. The molecule has 1 heterocycles. The molecule has 21 heavy (non-hydrogen) atoms.